The Labute approximate surface area is 107 Å². The highest BCUT2D eigenvalue weighted by molar-refractivity contribution is 7.18. The minimum absolute atomic E-state index is 0.209. The summed E-state index contributed by atoms with van der Waals surface area (Å²) in [6, 6.07) is 1.89. The number of nitrogens with one attached hydrogen (secondary N) is 1. The van der Waals surface area contributed by atoms with Crippen molar-refractivity contribution in [2.24, 2.45) is 0 Å². The summed E-state index contributed by atoms with van der Waals surface area (Å²) in [4.78, 5) is 10.2. The zero-order chi connectivity index (χ0) is 13.1. The van der Waals surface area contributed by atoms with Gasteiger partial charge >= 0.3 is 0 Å². The largest absolute Gasteiger partial charge is 0.471 e. The van der Waals surface area contributed by atoms with Gasteiger partial charge in [-0.05, 0) is 12.5 Å². The van der Waals surface area contributed by atoms with Crippen molar-refractivity contribution in [1.29, 1.82) is 0 Å². The summed E-state index contributed by atoms with van der Waals surface area (Å²) >= 11 is 1.52. The van der Waals surface area contributed by atoms with Crippen LogP contribution in [0, 0.1) is 0 Å². The molecule has 2 rings (SSSR count). The van der Waals surface area contributed by atoms with Gasteiger partial charge in [-0.3, -0.25) is 0 Å². The highest BCUT2D eigenvalue weighted by Gasteiger charge is 2.13. The van der Waals surface area contributed by atoms with Gasteiger partial charge in [-0.25, -0.2) is 13.8 Å². The highest BCUT2D eigenvalue weighted by atomic mass is 32.1. The Hall–Kier alpha value is -1.50. The number of ether oxygens (including phenoxy) is 1. The van der Waals surface area contributed by atoms with Crippen LogP contribution in [-0.2, 0) is 6.42 Å². The van der Waals surface area contributed by atoms with Gasteiger partial charge in [-0.1, -0.05) is 6.92 Å². The molecule has 0 saturated heterocycles. The molecule has 0 fully saturated rings. The minimum Gasteiger partial charge on any atom is -0.471 e. The Balaban J connectivity index is 2.43. The topological polar surface area (TPSA) is 47.0 Å². The molecule has 0 radical (unpaired) electrons. The fraction of sp³-hybridized carbons (Fsp3) is 0.455. The van der Waals surface area contributed by atoms with E-state index in [0.29, 0.717) is 11.3 Å². The summed E-state index contributed by atoms with van der Waals surface area (Å²) in [5.74, 6) is 0.580. The van der Waals surface area contributed by atoms with Crippen molar-refractivity contribution in [2.75, 3.05) is 19.0 Å². The fourth-order valence-electron chi connectivity index (χ4n) is 1.48. The van der Waals surface area contributed by atoms with E-state index in [9.17, 15) is 8.78 Å². The third-order valence-electron chi connectivity index (χ3n) is 2.33. The number of halogens is 2. The average Bonchev–Trinajstić information content (AvgIpc) is 2.78. The standard InChI is InChI=1S/C11H13F2N3OS/c1-3-6-4-7-9(17-5-8(12)13)15-11(14-2)16-10(7)18-6/h4,8H,3,5H2,1-2H3,(H,14,15,16). The molecule has 0 aliphatic heterocycles. The van der Waals surface area contributed by atoms with Crippen molar-refractivity contribution in [3.8, 4) is 5.88 Å². The maximum Gasteiger partial charge on any atom is 0.272 e. The van der Waals surface area contributed by atoms with Crippen molar-refractivity contribution in [3.63, 3.8) is 0 Å². The van der Waals surface area contributed by atoms with E-state index < -0.39 is 13.0 Å². The van der Waals surface area contributed by atoms with Gasteiger partial charge in [0.1, 0.15) is 4.83 Å². The molecular formula is C11H13F2N3OS. The molecule has 0 unspecified atom stereocenters. The lowest BCUT2D eigenvalue weighted by Crippen LogP contribution is -2.09. The van der Waals surface area contributed by atoms with E-state index in [1.807, 2.05) is 13.0 Å². The number of thiophene rings is 1. The van der Waals surface area contributed by atoms with Crippen molar-refractivity contribution < 1.29 is 13.5 Å². The molecule has 0 atom stereocenters. The lowest BCUT2D eigenvalue weighted by molar-refractivity contribution is 0.0805. The maximum atomic E-state index is 12.2. The van der Waals surface area contributed by atoms with Gasteiger partial charge in [0.2, 0.25) is 11.8 Å². The molecule has 0 amide bonds. The number of aryl methyl sites for hydroxylation is 1. The molecule has 98 valence electrons. The van der Waals surface area contributed by atoms with Crippen LogP contribution < -0.4 is 10.1 Å². The smallest absolute Gasteiger partial charge is 0.272 e. The summed E-state index contributed by atoms with van der Waals surface area (Å²) in [5.41, 5.74) is 0. The molecule has 0 saturated carbocycles. The average molecular weight is 273 g/mol. The van der Waals surface area contributed by atoms with Crippen molar-refractivity contribution in [3.05, 3.63) is 10.9 Å². The van der Waals surface area contributed by atoms with Crippen LogP contribution in [0.1, 0.15) is 11.8 Å². The van der Waals surface area contributed by atoms with Crippen LogP contribution >= 0.6 is 11.3 Å². The van der Waals surface area contributed by atoms with Gasteiger partial charge < -0.3 is 10.1 Å². The lowest BCUT2D eigenvalue weighted by atomic mass is 10.3. The zero-order valence-corrected chi connectivity index (χ0v) is 10.9. The molecule has 1 N–H and O–H groups in total. The first-order valence-corrected chi connectivity index (χ1v) is 6.34. The van der Waals surface area contributed by atoms with Gasteiger partial charge in [-0.15, -0.1) is 11.3 Å². The Morgan fingerprint density at radius 3 is 2.83 bits per heavy atom. The Morgan fingerprint density at radius 2 is 2.22 bits per heavy atom. The quantitative estimate of drug-likeness (QED) is 0.910. The molecule has 0 aromatic carbocycles. The van der Waals surface area contributed by atoms with Crippen molar-refractivity contribution >= 4 is 27.5 Å². The summed E-state index contributed by atoms with van der Waals surface area (Å²) in [5, 5.41) is 3.48. The lowest BCUT2D eigenvalue weighted by Gasteiger charge is -2.07. The SMILES string of the molecule is CCc1cc2c(OCC(F)F)nc(NC)nc2s1. The number of fused-ring (bicyclic) bond motifs is 1. The fourth-order valence-corrected chi connectivity index (χ4v) is 2.44. The second-order valence-corrected chi connectivity index (χ2v) is 4.70. The van der Waals surface area contributed by atoms with Crippen LogP contribution in [0.15, 0.2) is 6.07 Å². The number of aromatic nitrogens is 2. The van der Waals surface area contributed by atoms with E-state index in [4.69, 9.17) is 4.74 Å². The molecule has 0 aliphatic rings. The van der Waals surface area contributed by atoms with Gasteiger partial charge in [0, 0.05) is 11.9 Å². The summed E-state index contributed by atoms with van der Waals surface area (Å²) in [7, 11) is 1.67. The van der Waals surface area contributed by atoms with Gasteiger partial charge in [0.15, 0.2) is 6.61 Å². The van der Waals surface area contributed by atoms with Gasteiger partial charge in [-0.2, -0.15) is 4.98 Å². The maximum absolute atomic E-state index is 12.2. The molecule has 0 spiro atoms. The van der Waals surface area contributed by atoms with E-state index in [2.05, 4.69) is 15.3 Å². The van der Waals surface area contributed by atoms with Gasteiger partial charge in [0.25, 0.3) is 6.43 Å². The molecule has 0 aliphatic carbocycles. The van der Waals surface area contributed by atoms with E-state index in [1.54, 1.807) is 7.05 Å². The molecular weight excluding hydrogens is 260 g/mol. The number of nitrogens with zero attached hydrogens (tertiary/aromatic N) is 2. The zero-order valence-electron chi connectivity index (χ0n) is 10.0. The molecule has 2 aromatic heterocycles. The van der Waals surface area contributed by atoms with Crippen LogP contribution in [0.5, 0.6) is 5.88 Å². The summed E-state index contributed by atoms with van der Waals surface area (Å²) < 4.78 is 29.4. The second kappa shape index (κ2) is 5.43. The third kappa shape index (κ3) is 2.66. The summed E-state index contributed by atoms with van der Waals surface area (Å²) in [6.45, 7) is 1.36. The minimum atomic E-state index is -2.52. The molecule has 4 nitrogen and oxygen atoms in total. The first kappa shape index (κ1) is 12.9. The summed E-state index contributed by atoms with van der Waals surface area (Å²) in [6.07, 6.45) is -1.65. The number of hydrogen-bond acceptors (Lipinski definition) is 5. The second-order valence-electron chi connectivity index (χ2n) is 3.59. The van der Waals surface area contributed by atoms with Crippen molar-refractivity contribution in [2.45, 2.75) is 19.8 Å². The third-order valence-corrected chi connectivity index (χ3v) is 3.50. The van der Waals surface area contributed by atoms with Crippen LogP contribution in [0.4, 0.5) is 14.7 Å². The Morgan fingerprint density at radius 1 is 1.44 bits per heavy atom. The van der Waals surface area contributed by atoms with Crippen LogP contribution in [0.2, 0.25) is 0 Å². The molecule has 18 heavy (non-hydrogen) atoms. The first-order valence-electron chi connectivity index (χ1n) is 5.53. The van der Waals surface area contributed by atoms with E-state index in [-0.39, 0.29) is 5.88 Å². The highest BCUT2D eigenvalue weighted by Crippen LogP contribution is 2.31. The number of rotatable bonds is 5. The van der Waals surface area contributed by atoms with Crippen molar-refractivity contribution in [1.82, 2.24) is 9.97 Å². The molecule has 2 heterocycles. The van der Waals surface area contributed by atoms with Crippen LogP contribution in [0.25, 0.3) is 10.2 Å². The Kier molecular flexibility index (Phi) is 3.90. The number of hydrogen-bond donors (Lipinski definition) is 1. The van der Waals surface area contributed by atoms with Crippen LogP contribution in [-0.4, -0.2) is 30.0 Å². The molecule has 7 heteroatoms. The predicted octanol–water partition coefficient (Wildman–Crippen LogP) is 2.94. The van der Waals surface area contributed by atoms with E-state index in [0.717, 1.165) is 16.1 Å². The molecule has 2 aromatic rings. The molecule has 0 bridgehead atoms. The number of anilines is 1. The van der Waals surface area contributed by atoms with E-state index >= 15 is 0 Å². The van der Waals surface area contributed by atoms with Gasteiger partial charge in [0.05, 0.1) is 5.39 Å². The normalized spacial score (nSPS) is 11.2. The predicted molar refractivity (Wildman–Crippen MR) is 67.8 cm³/mol. The number of alkyl halides is 2. The first-order chi connectivity index (χ1) is 8.63. The monoisotopic (exact) mass is 273 g/mol. The van der Waals surface area contributed by atoms with Crippen LogP contribution in [0.3, 0.4) is 0 Å². The van der Waals surface area contributed by atoms with E-state index in [1.165, 1.54) is 11.3 Å². The Bertz CT molecular complexity index is 544.